The van der Waals surface area contributed by atoms with Crippen molar-refractivity contribution in [3.05, 3.63) is 51.7 Å². The highest BCUT2D eigenvalue weighted by atomic mass is 16.1. The Morgan fingerprint density at radius 2 is 1.79 bits per heavy atom. The number of fused-ring (bicyclic) bond motifs is 1. The lowest BCUT2D eigenvalue weighted by Crippen LogP contribution is -2.18. The molecule has 3 aromatic rings. The molecule has 0 spiro atoms. The molecule has 4 heteroatoms. The molecule has 0 aliphatic heterocycles. The number of hydrogen-bond donors (Lipinski definition) is 0. The fourth-order valence-electron chi connectivity index (χ4n) is 3.50. The number of rotatable bonds is 3. The lowest BCUT2D eigenvalue weighted by atomic mass is 10.0. The highest BCUT2D eigenvalue weighted by Gasteiger charge is 2.24. The van der Waals surface area contributed by atoms with E-state index in [1.54, 1.807) is 4.57 Å². The van der Waals surface area contributed by atoms with Crippen molar-refractivity contribution in [1.29, 1.82) is 0 Å². The molecule has 1 aromatic carbocycles. The molecular weight excluding hydrogens is 298 g/mol. The Labute approximate surface area is 141 Å². The molecule has 0 atom stereocenters. The lowest BCUT2D eigenvalue weighted by molar-refractivity contribution is 0.626. The zero-order valence-electron chi connectivity index (χ0n) is 14.8. The van der Waals surface area contributed by atoms with Crippen LogP contribution in [0.15, 0.2) is 29.2 Å². The summed E-state index contributed by atoms with van der Waals surface area (Å²) in [6, 6.07) is 6.39. The molecule has 0 N–H and O–H groups in total. The molecule has 1 fully saturated rings. The molecule has 0 amide bonds. The SMILES string of the molecule is Cc1cc(-c2cc(C)c3nc(C)n(CC4CC4)c3c2)cn(C)c1=O. The second-order valence-corrected chi connectivity index (χ2v) is 7.20. The molecule has 0 bridgehead atoms. The van der Waals surface area contributed by atoms with E-state index < -0.39 is 0 Å². The van der Waals surface area contributed by atoms with Crippen LogP contribution in [-0.2, 0) is 13.6 Å². The number of nitrogens with zero attached hydrogens (tertiary/aromatic N) is 3. The first-order valence-corrected chi connectivity index (χ1v) is 8.59. The van der Waals surface area contributed by atoms with Gasteiger partial charge in [-0.2, -0.15) is 0 Å². The van der Waals surface area contributed by atoms with Crippen molar-refractivity contribution in [2.45, 2.75) is 40.2 Å². The molecule has 1 aliphatic rings. The third-order valence-electron chi connectivity index (χ3n) is 5.07. The summed E-state index contributed by atoms with van der Waals surface area (Å²) >= 11 is 0. The summed E-state index contributed by atoms with van der Waals surface area (Å²) in [5.74, 6) is 1.90. The smallest absolute Gasteiger partial charge is 0.253 e. The summed E-state index contributed by atoms with van der Waals surface area (Å²) in [5, 5.41) is 0. The van der Waals surface area contributed by atoms with Crippen molar-refractivity contribution in [3.63, 3.8) is 0 Å². The molecular formula is C20H23N3O. The number of benzene rings is 1. The van der Waals surface area contributed by atoms with Crippen LogP contribution in [0.3, 0.4) is 0 Å². The predicted octanol–water partition coefficient (Wildman–Crippen LogP) is 3.74. The summed E-state index contributed by atoms with van der Waals surface area (Å²) in [6.45, 7) is 7.16. The maximum Gasteiger partial charge on any atom is 0.253 e. The van der Waals surface area contributed by atoms with Crippen LogP contribution in [-0.4, -0.2) is 14.1 Å². The van der Waals surface area contributed by atoms with Crippen LogP contribution in [0.1, 0.15) is 29.8 Å². The Balaban J connectivity index is 1.91. The molecule has 0 saturated heterocycles. The minimum Gasteiger partial charge on any atom is -0.328 e. The molecule has 4 rings (SSSR count). The highest BCUT2D eigenvalue weighted by molar-refractivity contribution is 5.85. The van der Waals surface area contributed by atoms with E-state index in [0.29, 0.717) is 0 Å². The van der Waals surface area contributed by atoms with Gasteiger partial charge in [-0.15, -0.1) is 0 Å². The topological polar surface area (TPSA) is 39.8 Å². The van der Waals surface area contributed by atoms with Gasteiger partial charge in [-0.3, -0.25) is 4.79 Å². The van der Waals surface area contributed by atoms with Gasteiger partial charge in [-0.05, 0) is 74.4 Å². The third-order valence-corrected chi connectivity index (χ3v) is 5.07. The van der Waals surface area contributed by atoms with Gasteiger partial charge in [0, 0.05) is 25.4 Å². The van der Waals surface area contributed by atoms with Gasteiger partial charge in [0.05, 0.1) is 11.0 Å². The molecule has 4 nitrogen and oxygen atoms in total. The molecule has 24 heavy (non-hydrogen) atoms. The number of imidazole rings is 1. The number of hydrogen-bond acceptors (Lipinski definition) is 2. The summed E-state index contributed by atoms with van der Waals surface area (Å²) in [4.78, 5) is 16.8. The van der Waals surface area contributed by atoms with Gasteiger partial charge in [-0.25, -0.2) is 4.98 Å². The van der Waals surface area contributed by atoms with Gasteiger partial charge in [0.1, 0.15) is 5.82 Å². The van der Waals surface area contributed by atoms with Crippen LogP contribution in [0.25, 0.3) is 22.2 Å². The van der Waals surface area contributed by atoms with Crippen LogP contribution in [0.5, 0.6) is 0 Å². The predicted molar refractivity (Wildman–Crippen MR) is 97.3 cm³/mol. The van der Waals surface area contributed by atoms with E-state index >= 15 is 0 Å². The zero-order chi connectivity index (χ0) is 17.0. The normalized spacial score (nSPS) is 14.5. The Bertz CT molecular complexity index is 980. The summed E-state index contributed by atoms with van der Waals surface area (Å²) in [6.07, 6.45) is 4.58. The highest BCUT2D eigenvalue weighted by Crippen LogP contribution is 2.34. The standard InChI is InChI=1S/C20H23N3O/c1-12-7-16(17-8-13(2)20(24)22(4)11-17)9-18-19(12)21-14(3)23(18)10-15-5-6-15/h7-9,11,15H,5-6,10H2,1-4H3. The van der Waals surface area contributed by atoms with Gasteiger partial charge >= 0.3 is 0 Å². The largest absolute Gasteiger partial charge is 0.328 e. The van der Waals surface area contributed by atoms with E-state index in [9.17, 15) is 4.79 Å². The monoisotopic (exact) mass is 321 g/mol. The fraction of sp³-hybridized carbons (Fsp3) is 0.400. The Kier molecular flexibility index (Phi) is 3.37. The molecule has 124 valence electrons. The van der Waals surface area contributed by atoms with E-state index in [2.05, 4.69) is 30.5 Å². The number of aryl methyl sites for hydroxylation is 4. The average Bonchev–Trinajstić information content (AvgIpc) is 3.30. The van der Waals surface area contributed by atoms with Crippen LogP contribution < -0.4 is 5.56 Å². The fourth-order valence-corrected chi connectivity index (χ4v) is 3.50. The van der Waals surface area contributed by atoms with Gasteiger partial charge in [0.25, 0.3) is 5.56 Å². The molecule has 0 unspecified atom stereocenters. The minimum atomic E-state index is 0.0613. The molecule has 1 saturated carbocycles. The first-order valence-electron chi connectivity index (χ1n) is 8.59. The van der Waals surface area contributed by atoms with Crippen molar-refractivity contribution in [2.75, 3.05) is 0 Å². The molecule has 2 heterocycles. The van der Waals surface area contributed by atoms with Crippen molar-refractivity contribution >= 4 is 11.0 Å². The van der Waals surface area contributed by atoms with E-state index in [0.717, 1.165) is 40.5 Å². The van der Waals surface area contributed by atoms with Crippen molar-refractivity contribution < 1.29 is 0 Å². The van der Waals surface area contributed by atoms with Gasteiger partial charge in [0.15, 0.2) is 0 Å². The Morgan fingerprint density at radius 3 is 2.46 bits per heavy atom. The number of aromatic nitrogens is 3. The maximum absolute atomic E-state index is 12.0. The zero-order valence-corrected chi connectivity index (χ0v) is 14.8. The molecule has 0 radical (unpaired) electrons. The van der Waals surface area contributed by atoms with Crippen LogP contribution >= 0.6 is 0 Å². The second-order valence-electron chi connectivity index (χ2n) is 7.20. The van der Waals surface area contributed by atoms with E-state index in [4.69, 9.17) is 4.98 Å². The van der Waals surface area contributed by atoms with E-state index in [1.165, 1.54) is 23.9 Å². The molecule has 1 aliphatic carbocycles. The quantitative estimate of drug-likeness (QED) is 0.737. The summed E-state index contributed by atoms with van der Waals surface area (Å²) in [5.41, 5.74) is 6.56. The van der Waals surface area contributed by atoms with Crippen molar-refractivity contribution in [2.24, 2.45) is 13.0 Å². The Morgan fingerprint density at radius 1 is 1.08 bits per heavy atom. The maximum atomic E-state index is 12.0. The third kappa shape index (κ3) is 2.46. The number of pyridine rings is 1. The van der Waals surface area contributed by atoms with E-state index in [-0.39, 0.29) is 5.56 Å². The van der Waals surface area contributed by atoms with Gasteiger partial charge in [0.2, 0.25) is 0 Å². The summed E-state index contributed by atoms with van der Waals surface area (Å²) in [7, 11) is 1.81. The Hall–Kier alpha value is -2.36. The van der Waals surface area contributed by atoms with Gasteiger partial charge in [-0.1, -0.05) is 0 Å². The minimum absolute atomic E-state index is 0.0613. The molecule has 2 aromatic heterocycles. The van der Waals surface area contributed by atoms with E-state index in [1.807, 2.05) is 26.2 Å². The lowest BCUT2D eigenvalue weighted by Gasteiger charge is -2.10. The van der Waals surface area contributed by atoms with Crippen LogP contribution in [0.2, 0.25) is 0 Å². The van der Waals surface area contributed by atoms with Crippen LogP contribution in [0, 0.1) is 26.7 Å². The second kappa shape index (κ2) is 5.33. The first kappa shape index (κ1) is 15.2. The van der Waals surface area contributed by atoms with Crippen molar-refractivity contribution in [1.82, 2.24) is 14.1 Å². The first-order chi connectivity index (χ1) is 11.4. The van der Waals surface area contributed by atoms with Gasteiger partial charge < -0.3 is 9.13 Å². The van der Waals surface area contributed by atoms with Crippen molar-refractivity contribution in [3.8, 4) is 11.1 Å². The summed E-state index contributed by atoms with van der Waals surface area (Å²) < 4.78 is 4.02. The van der Waals surface area contributed by atoms with Crippen LogP contribution in [0.4, 0.5) is 0 Å². The average molecular weight is 321 g/mol.